The third kappa shape index (κ3) is 2.73. The molecule has 0 N–H and O–H groups in total. The Morgan fingerprint density at radius 2 is 2.12 bits per heavy atom. The summed E-state index contributed by atoms with van der Waals surface area (Å²) in [6.07, 6.45) is 3.39. The van der Waals surface area contributed by atoms with Crippen LogP contribution in [-0.2, 0) is 6.54 Å². The van der Waals surface area contributed by atoms with Crippen LogP contribution in [0.5, 0.6) is 0 Å². The SMILES string of the molecule is C=C[C@H]1CCN(Cc2ccccc2)C[C@@H]1C. The van der Waals surface area contributed by atoms with Crippen molar-refractivity contribution in [2.45, 2.75) is 19.9 Å². The minimum absolute atomic E-state index is 0.715. The van der Waals surface area contributed by atoms with Crippen molar-refractivity contribution in [3.05, 3.63) is 48.6 Å². The van der Waals surface area contributed by atoms with E-state index in [2.05, 4.69) is 54.8 Å². The Morgan fingerprint density at radius 1 is 1.38 bits per heavy atom. The third-order valence-corrected chi connectivity index (χ3v) is 3.61. The summed E-state index contributed by atoms with van der Waals surface area (Å²) in [6, 6.07) is 10.7. The van der Waals surface area contributed by atoms with Gasteiger partial charge in [0.15, 0.2) is 0 Å². The van der Waals surface area contributed by atoms with Crippen LogP contribution in [-0.4, -0.2) is 18.0 Å². The maximum Gasteiger partial charge on any atom is 0.0233 e. The van der Waals surface area contributed by atoms with Crippen LogP contribution in [0.1, 0.15) is 18.9 Å². The first-order chi connectivity index (χ1) is 7.79. The zero-order valence-electron chi connectivity index (χ0n) is 10.1. The minimum atomic E-state index is 0.715. The van der Waals surface area contributed by atoms with Crippen LogP contribution in [0.2, 0.25) is 0 Å². The van der Waals surface area contributed by atoms with Crippen molar-refractivity contribution in [3.8, 4) is 0 Å². The number of nitrogens with zero attached hydrogens (tertiary/aromatic N) is 1. The van der Waals surface area contributed by atoms with Gasteiger partial charge >= 0.3 is 0 Å². The predicted octanol–water partition coefficient (Wildman–Crippen LogP) is 3.33. The molecule has 16 heavy (non-hydrogen) atoms. The fourth-order valence-electron chi connectivity index (χ4n) is 2.59. The molecule has 0 aromatic heterocycles. The highest BCUT2D eigenvalue weighted by molar-refractivity contribution is 5.14. The van der Waals surface area contributed by atoms with E-state index in [-0.39, 0.29) is 0 Å². The molecular weight excluding hydrogens is 194 g/mol. The van der Waals surface area contributed by atoms with E-state index >= 15 is 0 Å². The van der Waals surface area contributed by atoms with Crippen LogP contribution in [0.25, 0.3) is 0 Å². The Kier molecular flexibility index (Phi) is 3.79. The van der Waals surface area contributed by atoms with Gasteiger partial charge in [0, 0.05) is 13.1 Å². The van der Waals surface area contributed by atoms with E-state index in [1.54, 1.807) is 0 Å². The van der Waals surface area contributed by atoms with Gasteiger partial charge in [-0.1, -0.05) is 43.3 Å². The van der Waals surface area contributed by atoms with Gasteiger partial charge in [-0.25, -0.2) is 0 Å². The number of allylic oxidation sites excluding steroid dienone is 1. The van der Waals surface area contributed by atoms with Crippen LogP contribution in [0.4, 0.5) is 0 Å². The van der Waals surface area contributed by atoms with Crippen molar-refractivity contribution in [1.82, 2.24) is 4.90 Å². The highest BCUT2D eigenvalue weighted by Gasteiger charge is 2.23. The normalized spacial score (nSPS) is 26.6. The molecule has 0 bridgehead atoms. The lowest BCUT2D eigenvalue weighted by Crippen LogP contribution is -2.38. The molecule has 0 saturated carbocycles. The van der Waals surface area contributed by atoms with E-state index in [4.69, 9.17) is 0 Å². The van der Waals surface area contributed by atoms with Crippen LogP contribution in [0.15, 0.2) is 43.0 Å². The molecule has 0 aliphatic carbocycles. The van der Waals surface area contributed by atoms with Crippen LogP contribution in [0.3, 0.4) is 0 Å². The van der Waals surface area contributed by atoms with Crippen molar-refractivity contribution >= 4 is 0 Å². The lowest BCUT2D eigenvalue weighted by molar-refractivity contribution is 0.145. The summed E-state index contributed by atoms with van der Waals surface area (Å²) >= 11 is 0. The average Bonchev–Trinajstić information content (AvgIpc) is 2.31. The number of hydrogen-bond acceptors (Lipinski definition) is 1. The average molecular weight is 215 g/mol. The van der Waals surface area contributed by atoms with E-state index in [0.717, 1.165) is 12.5 Å². The lowest BCUT2D eigenvalue weighted by atomic mass is 9.87. The van der Waals surface area contributed by atoms with E-state index in [1.807, 2.05) is 0 Å². The molecule has 0 spiro atoms. The summed E-state index contributed by atoms with van der Waals surface area (Å²) in [5, 5.41) is 0. The Morgan fingerprint density at radius 3 is 2.75 bits per heavy atom. The van der Waals surface area contributed by atoms with Gasteiger partial charge in [0.1, 0.15) is 0 Å². The van der Waals surface area contributed by atoms with Gasteiger partial charge in [-0.2, -0.15) is 0 Å². The molecule has 1 saturated heterocycles. The Balaban J connectivity index is 1.91. The fourth-order valence-corrected chi connectivity index (χ4v) is 2.59. The number of likely N-dealkylation sites (tertiary alicyclic amines) is 1. The number of rotatable bonds is 3. The summed E-state index contributed by atoms with van der Waals surface area (Å²) in [7, 11) is 0. The summed E-state index contributed by atoms with van der Waals surface area (Å²) in [5.74, 6) is 1.46. The van der Waals surface area contributed by atoms with Gasteiger partial charge in [-0.3, -0.25) is 4.90 Å². The molecular formula is C15H21N. The largest absolute Gasteiger partial charge is 0.299 e. The first-order valence-corrected chi connectivity index (χ1v) is 6.18. The van der Waals surface area contributed by atoms with Crippen molar-refractivity contribution in [3.63, 3.8) is 0 Å². The minimum Gasteiger partial charge on any atom is -0.299 e. The number of benzene rings is 1. The zero-order chi connectivity index (χ0) is 11.4. The van der Waals surface area contributed by atoms with E-state index in [0.29, 0.717) is 5.92 Å². The molecule has 1 aromatic rings. The van der Waals surface area contributed by atoms with Gasteiger partial charge in [0.2, 0.25) is 0 Å². The maximum atomic E-state index is 3.93. The van der Waals surface area contributed by atoms with Gasteiger partial charge < -0.3 is 0 Å². The molecule has 1 heterocycles. The molecule has 1 aromatic carbocycles. The highest BCUT2D eigenvalue weighted by Crippen LogP contribution is 2.24. The molecule has 86 valence electrons. The molecule has 2 atom stereocenters. The summed E-state index contributed by atoms with van der Waals surface area (Å²) in [4.78, 5) is 2.56. The highest BCUT2D eigenvalue weighted by atomic mass is 15.1. The van der Waals surface area contributed by atoms with Crippen LogP contribution < -0.4 is 0 Å². The van der Waals surface area contributed by atoms with E-state index in [9.17, 15) is 0 Å². The summed E-state index contributed by atoms with van der Waals surface area (Å²) < 4.78 is 0. The summed E-state index contributed by atoms with van der Waals surface area (Å²) in [5.41, 5.74) is 1.42. The Bertz CT molecular complexity index is 331. The monoisotopic (exact) mass is 215 g/mol. The van der Waals surface area contributed by atoms with Gasteiger partial charge in [0.25, 0.3) is 0 Å². The molecule has 0 unspecified atom stereocenters. The molecule has 1 heteroatoms. The predicted molar refractivity (Wildman–Crippen MR) is 69.2 cm³/mol. The molecule has 2 rings (SSSR count). The first kappa shape index (κ1) is 11.4. The van der Waals surface area contributed by atoms with Gasteiger partial charge in [-0.05, 0) is 30.4 Å². The second-order valence-electron chi connectivity index (χ2n) is 4.89. The lowest BCUT2D eigenvalue weighted by Gasteiger charge is -2.35. The van der Waals surface area contributed by atoms with Gasteiger partial charge in [0.05, 0.1) is 0 Å². The summed E-state index contributed by atoms with van der Waals surface area (Å²) in [6.45, 7) is 9.76. The Hall–Kier alpha value is -1.08. The standard InChI is InChI=1S/C15H21N/c1-3-15-9-10-16(11-13(15)2)12-14-7-5-4-6-8-14/h3-8,13,15H,1,9-12H2,2H3/t13-,15-/m0/s1. The number of hydrogen-bond donors (Lipinski definition) is 0. The van der Waals surface area contributed by atoms with E-state index < -0.39 is 0 Å². The quantitative estimate of drug-likeness (QED) is 0.699. The fraction of sp³-hybridized carbons (Fsp3) is 0.467. The smallest absolute Gasteiger partial charge is 0.0233 e. The molecule has 0 amide bonds. The van der Waals surface area contributed by atoms with Gasteiger partial charge in [-0.15, -0.1) is 6.58 Å². The molecule has 1 fully saturated rings. The number of piperidine rings is 1. The topological polar surface area (TPSA) is 3.24 Å². The van der Waals surface area contributed by atoms with Crippen molar-refractivity contribution < 1.29 is 0 Å². The van der Waals surface area contributed by atoms with Crippen molar-refractivity contribution in [1.29, 1.82) is 0 Å². The molecule has 1 nitrogen and oxygen atoms in total. The maximum absolute atomic E-state index is 3.93. The Labute approximate surface area is 98.8 Å². The van der Waals surface area contributed by atoms with Crippen LogP contribution >= 0.6 is 0 Å². The third-order valence-electron chi connectivity index (χ3n) is 3.61. The molecule has 1 aliphatic heterocycles. The van der Waals surface area contributed by atoms with E-state index in [1.165, 1.54) is 25.1 Å². The molecule has 0 radical (unpaired) electrons. The molecule has 1 aliphatic rings. The van der Waals surface area contributed by atoms with Crippen LogP contribution in [0, 0.1) is 11.8 Å². The van der Waals surface area contributed by atoms with Crippen molar-refractivity contribution in [2.24, 2.45) is 11.8 Å². The second kappa shape index (κ2) is 5.31. The van der Waals surface area contributed by atoms with Crippen molar-refractivity contribution in [2.75, 3.05) is 13.1 Å². The zero-order valence-corrected chi connectivity index (χ0v) is 10.1. The second-order valence-corrected chi connectivity index (χ2v) is 4.89. The first-order valence-electron chi connectivity index (χ1n) is 6.18.